The van der Waals surface area contributed by atoms with Crippen molar-refractivity contribution in [2.75, 3.05) is 0 Å². The zero-order valence-corrected chi connectivity index (χ0v) is 5.41. The van der Waals surface area contributed by atoms with Gasteiger partial charge in [-0.25, -0.2) is 0 Å². The maximum absolute atomic E-state index is 2.36. The molecule has 0 saturated carbocycles. The molecular formula is C8H12. The van der Waals surface area contributed by atoms with Crippen LogP contribution in [0, 0.1) is 5.92 Å². The van der Waals surface area contributed by atoms with Gasteiger partial charge in [0, 0.05) is 0 Å². The van der Waals surface area contributed by atoms with Gasteiger partial charge < -0.3 is 0 Å². The minimum Gasteiger partial charge on any atom is -0.0704 e. The van der Waals surface area contributed by atoms with Crippen LogP contribution in [0.2, 0.25) is 0 Å². The molecule has 0 spiro atoms. The molecule has 0 heterocycles. The Kier molecular flexibility index (Phi) is 0.787. The molecule has 0 aromatic rings. The van der Waals surface area contributed by atoms with Crippen molar-refractivity contribution >= 4 is 0 Å². The SMILES string of the molecule is CC1CCC2=C1CC2. The highest BCUT2D eigenvalue weighted by atomic mass is 14.3. The first-order valence-electron chi connectivity index (χ1n) is 3.58. The molecule has 2 aliphatic rings. The fourth-order valence-electron chi connectivity index (χ4n) is 1.89. The van der Waals surface area contributed by atoms with Crippen LogP contribution in [-0.2, 0) is 0 Å². The van der Waals surface area contributed by atoms with Crippen LogP contribution in [0.4, 0.5) is 0 Å². The minimum absolute atomic E-state index is 0.957. The van der Waals surface area contributed by atoms with E-state index in [-0.39, 0.29) is 0 Å². The van der Waals surface area contributed by atoms with E-state index in [1.54, 1.807) is 5.57 Å². The third-order valence-electron chi connectivity index (χ3n) is 2.62. The largest absolute Gasteiger partial charge is 0.0704 e. The molecule has 0 saturated heterocycles. The lowest BCUT2D eigenvalue weighted by Gasteiger charge is -2.18. The van der Waals surface area contributed by atoms with E-state index in [4.69, 9.17) is 0 Å². The molecule has 0 aliphatic heterocycles. The molecule has 8 heavy (non-hydrogen) atoms. The normalized spacial score (nSPS) is 34.9. The molecule has 0 bridgehead atoms. The topological polar surface area (TPSA) is 0 Å². The Morgan fingerprint density at radius 1 is 1.25 bits per heavy atom. The van der Waals surface area contributed by atoms with Crippen LogP contribution in [0.15, 0.2) is 11.1 Å². The maximum atomic E-state index is 2.36. The van der Waals surface area contributed by atoms with Crippen LogP contribution in [0.1, 0.15) is 32.6 Å². The molecule has 2 aliphatic carbocycles. The Balaban J connectivity index is 2.27. The smallest absolute Gasteiger partial charge is 0.0226 e. The summed E-state index contributed by atoms with van der Waals surface area (Å²) in [5.41, 5.74) is 3.61. The summed E-state index contributed by atoms with van der Waals surface area (Å²) in [6.07, 6.45) is 5.73. The van der Waals surface area contributed by atoms with Crippen molar-refractivity contribution in [3.63, 3.8) is 0 Å². The fourth-order valence-corrected chi connectivity index (χ4v) is 1.89. The lowest BCUT2D eigenvalue weighted by Crippen LogP contribution is -2.01. The second-order valence-corrected chi connectivity index (χ2v) is 3.07. The number of rotatable bonds is 0. The molecule has 0 radical (unpaired) electrons. The Morgan fingerprint density at radius 2 is 2.12 bits per heavy atom. The summed E-state index contributed by atoms with van der Waals surface area (Å²) in [7, 11) is 0. The van der Waals surface area contributed by atoms with Gasteiger partial charge in [-0.15, -0.1) is 0 Å². The lowest BCUT2D eigenvalue weighted by atomic mass is 9.87. The van der Waals surface area contributed by atoms with Crippen LogP contribution in [-0.4, -0.2) is 0 Å². The van der Waals surface area contributed by atoms with E-state index >= 15 is 0 Å². The van der Waals surface area contributed by atoms with E-state index in [0.717, 1.165) is 5.92 Å². The molecule has 0 heteroatoms. The van der Waals surface area contributed by atoms with E-state index in [9.17, 15) is 0 Å². The predicted octanol–water partition coefficient (Wildman–Crippen LogP) is 2.51. The van der Waals surface area contributed by atoms with E-state index in [2.05, 4.69) is 6.92 Å². The van der Waals surface area contributed by atoms with E-state index in [1.165, 1.54) is 25.7 Å². The highest BCUT2D eigenvalue weighted by Gasteiger charge is 2.27. The second-order valence-electron chi connectivity index (χ2n) is 3.07. The summed E-state index contributed by atoms with van der Waals surface area (Å²) in [6, 6.07) is 0. The van der Waals surface area contributed by atoms with Crippen molar-refractivity contribution in [3.05, 3.63) is 11.1 Å². The highest BCUT2D eigenvalue weighted by molar-refractivity contribution is 5.30. The van der Waals surface area contributed by atoms with E-state index in [0.29, 0.717) is 0 Å². The van der Waals surface area contributed by atoms with Gasteiger partial charge in [0.1, 0.15) is 0 Å². The Labute approximate surface area is 50.6 Å². The maximum Gasteiger partial charge on any atom is -0.0226 e. The molecule has 0 aromatic carbocycles. The van der Waals surface area contributed by atoms with Gasteiger partial charge in [0.2, 0.25) is 0 Å². The molecule has 44 valence electrons. The van der Waals surface area contributed by atoms with Crippen molar-refractivity contribution in [1.29, 1.82) is 0 Å². The second kappa shape index (κ2) is 1.37. The average Bonchev–Trinajstić information content (AvgIpc) is 1.80. The van der Waals surface area contributed by atoms with Gasteiger partial charge in [-0.1, -0.05) is 18.1 Å². The molecule has 1 unspecified atom stereocenters. The molecule has 0 amide bonds. The quantitative estimate of drug-likeness (QED) is 0.418. The Bertz CT molecular complexity index is 142. The van der Waals surface area contributed by atoms with Gasteiger partial charge in [-0.05, 0) is 31.6 Å². The summed E-state index contributed by atoms with van der Waals surface area (Å²) in [5.74, 6) is 0.957. The first-order valence-corrected chi connectivity index (χ1v) is 3.58. The third kappa shape index (κ3) is 0.410. The summed E-state index contributed by atoms with van der Waals surface area (Å²) in [5, 5.41) is 0. The van der Waals surface area contributed by atoms with Crippen LogP contribution < -0.4 is 0 Å². The molecule has 0 N–H and O–H groups in total. The fraction of sp³-hybridized carbons (Fsp3) is 0.750. The molecule has 2 rings (SSSR count). The number of hydrogen-bond donors (Lipinski definition) is 0. The third-order valence-corrected chi connectivity index (χ3v) is 2.62. The summed E-state index contributed by atoms with van der Waals surface area (Å²) in [6.45, 7) is 2.36. The van der Waals surface area contributed by atoms with Crippen LogP contribution >= 0.6 is 0 Å². The molecule has 0 fully saturated rings. The molecule has 0 nitrogen and oxygen atoms in total. The monoisotopic (exact) mass is 108 g/mol. The lowest BCUT2D eigenvalue weighted by molar-refractivity contribution is 0.646. The van der Waals surface area contributed by atoms with E-state index < -0.39 is 0 Å². The van der Waals surface area contributed by atoms with Gasteiger partial charge in [0.05, 0.1) is 0 Å². The van der Waals surface area contributed by atoms with Crippen molar-refractivity contribution in [1.82, 2.24) is 0 Å². The van der Waals surface area contributed by atoms with Gasteiger partial charge in [-0.3, -0.25) is 0 Å². The standard InChI is InChI=1S/C8H12/c1-6-2-3-7-4-5-8(6)7/h6H,2-5H2,1H3. The first-order chi connectivity index (χ1) is 3.88. The Morgan fingerprint density at radius 3 is 2.38 bits per heavy atom. The number of allylic oxidation sites excluding steroid dienone is 2. The number of hydrogen-bond acceptors (Lipinski definition) is 0. The molecule has 0 aromatic heterocycles. The first kappa shape index (κ1) is 4.60. The van der Waals surface area contributed by atoms with Gasteiger partial charge in [0.25, 0.3) is 0 Å². The summed E-state index contributed by atoms with van der Waals surface area (Å²) < 4.78 is 0. The van der Waals surface area contributed by atoms with Crippen LogP contribution in [0.25, 0.3) is 0 Å². The van der Waals surface area contributed by atoms with Crippen molar-refractivity contribution in [2.24, 2.45) is 5.92 Å². The minimum atomic E-state index is 0.957. The van der Waals surface area contributed by atoms with Crippen molar-refractivity contribution in [2.45, 2.75) is 32.6 Å². The molecule has 1 atom stereocenters. The van der Waals surface area contributed by atoms with E-state index in [1.807, 2.05) is 5.57 Å². The zero-order chi connectivity index (χ0) is 5.56. The van der Waals surface area contributed by atoms with Gasteiger partial charge >= 0.3 is 0 Å². The van der Waals surface area contributed by atoms with Crippen molar-refractivity contribution < 1.29 is 0 Å². The predicted molar refractivity (Wildman–Crippen MR) is 34.7 cm³/mol. The summed E-state index contributed by atoms with van der Waals surface area (Å²) in [4.78, 5) is 0. The van der Waals surface area contributed by atoms with Crippen LogP contribution in [0.5, 0.6) is 0 Å². The Hall–Kier alpha value is -0.260. The average molecular weight is 108 g/mol. The summed E-state index contributed by atoms with van der Waals surface area (Å²) >= 11 is 0. The zero-order valence-electron chi connectivity index (χ0n) is 5.41. The van der Waals surface area contributed by atoms with Crippen LogP contribution in [0.3, 0.4) is 0 Å². The van der Waals surface area contributed by atoms with Crippen molar-refractivity contribution in [3.8, 4) is 0 Å². The van der Waals surface area contributed by atoms with Gasteiger partial charge in [0.15, 0.2) is 0 Å². The molecular weight excluding hydrogens is 96.1 g/mol. The highest BCUT2D eigenvalue weighted by Crippen LogP contribution is 2.44. The van der Waals surface area contributed by atoms with Gasteiger partial charge in [-0.2, -0.15) is 0 Å².